The molecule has 6 nitrogen and oxygen atoms in total. The van der Waals surface area contributed by atoms with Gasteiger partial charge in [-0.15, -0.1) is 0 Å². The van der Waals surface area contributed by atoms with Gasteiger partial charge in [-0.25, -0.2) is 9.69 Å². The molecule has 0 spiro atoms. The molecule has 0 unspecified atom stereocenters. The maximum atomic E-state index is 12.8. The number of carbonyl (C=O) groups is 3. The van der Waals surface area contributed by atoms with Crippen LogP contribution in [-0.4, -0.2) is 52.3 Å². The van der Waals surface area contributed by atoms with Gasteiger partial charge in [0, 0.05) is 18.8 Å². The number of fused-ring (bicyclic) bond motifs is 1. The average molecular weight is 313 g/mol. The van der Waals surface area contributed by atoms with E-state index in [1.54, 1.807) is 9.80 Å². The second-order valence-electron chi connectivity index (χ2n) is 6.62. The first-order valence-electron chi connectivity index (χ1n) is 8.06. The van der Waals surface area contributed by atoms with Crippen molar-refractivity contribution < 1.29 is 14.4 Å². The van der Waals surface area contributed by atoms with Crippen LogP contribution < -0.4 is 4.90 Å². The smallest absolute Gasteiger partial charge is 0.311 e. The van der Waals surface area contributed by atoms with E-state index in [0.717, 1.165) is 12.1 Å². The van der Waals surface area contributed by atoms with Crippen LogP contribution >= 0.6 is 0 Å². The summed E-state index contributed by atoms with van der Waals surface area (Å²) in [5.74, 6) is -0.379. The number of hydrogen-bond donors (Lipinski definition) is 0. The van der Waals surface area contributed by atoms with E-state index in [1.165, 1.54) is 4.90 Å². The van der Waals surface area contributed by atoms with Crippen molar-refractivity contribution in [2.24, 2.45) is 0 Å². The van der Waals surface area contributed by atoms with Gasteiger partial charge in [-0.1, -0.05) is 18.2 Å². The Balaban J connectivity index is 1.62. The average Bonchev–Trinajstić information content (AvgIpc) is 3.17. The molecule has 120 valence electrons. The molecule has 0 radical (unpaired) electrons. The molecule has 4 rings (SSSR count). The maximum Gasteiger partial charge on any atom is 0.328 e. The quantitative estimate of drug-likeness (QED) is 0.779. The molecule has 3 fully saturated rings. The lowest BCUT2D eigenvalue weighted by Crippen LogP contribution is -2.47. The van der Waals surface area contributed by atoms with E-state index in [1.807, 2.05) is 37.3 Å². The van der Waals surface area contributed by atoms with E-state index in [4.69, 9.17) is 0 Å². The third kappa shape index (κ3) is 1.84. The van der Waals surface area contributed by atoms with Gasteiger partial charge in [-0.2, -0.15) is 0 Å². The number of amides is 4. The molecule has 3 aliphatic heterocycles. The Labute approximate surface area is 134 Å². The highest BCUT2D eigenvalue weighted by atomic mass is 16.2. The molecule has 0 aliphatic carbocycles. The number of rotatable bonds is 2. The molecule has 3 heterocycles. The normalized spacial score (nSPS) is 30.6. The summed E-state index contributed by atoms with van der Waals surface area (Å²) in [6.07, 6.45) is 2.02. The molecular weight excluding hydrogens is 294 g/mol. The topological polar surface area (TPSA) is 60.9 Å². The number of nitrogens with zero attached hydrogens (tertiary/aromatic N) is 3. The Morgan fingerprint density at radius 3 is 2.52 bits per heavy atom. The van der Waals surface area contributed by atoms with E-state index in [-0.39, 0.29) is 17.8 Å². The number of anilines is 1. The summed E-state index contributed by atoms with van der Waals surface area (Å²) < 4.78 is 0. The Bertz CT molecular complexity index is 690. The highest BCUT2D eigenvalue weighted by Crippen LogP contribution is 2.39. The zero-order valence-electron chi connectivity index (χ0n) is 13.1. The van der Waals surface area contributed by atoms with E-state index in [0.29, 0.717) is 25.9 Å². The number of benzene rings is 1. The van der Waals surface area contributed by atoms with Gasteiger partial charge in [-0.3, -0.25) is 9.59 Å². The first-order chi connectivity index (χ1) is 11.0. The Hall–Kier alpha value is -2.37. The maximum absolute atomic E-state index is 12.8. The van der Waals surface area contributed by atoms with Crippen LogP contribution in [0, 0.1) is 0 Å². The van der Waals surface area contributed by atoms with Crippen molar-refractivity contribution in [2.45, 2.75) is 37.8 Å². The fraction of sp³-hybridized carbons (Fsp3) is 0.471. The van der Waals surface area contributed by atoms with Crippen LogP contribution in [-0.2, 0) is 9.59 Å². The summed E-state index contributed by atoms with van der Waals surface area (Å²) in [5, 5.41) is 0. The zero-order chi connectivity index (χ0) is 16.2. The van der Waals surface area contributed by atoms with Crippen molar-refractivity contribution in [1.82, 2.24) is 9.80 Å². The van der Waals surface area contributed by atoms with Gasteiger partial charge >= 0.3 is 6.03 Å². The van der Waals surface area contributed by atoms with Gasteiger partial charge in [-0.05, 0) is 38.3 Å². The Morgan fingerprint density at radius 2 is 1.83 bits per heavy atom. The van der Waals surface area contributed by atoms with Crippen LogP contribution in [0.1, 0.15) is 26.2 Å². The van der Waals surface area contributed by atoms with Crippen LogP contribution in [0.3, 0.4) is 0 Å². The SMILES string of the molecule is C[C@]12CCCN1C(=O)N([C@@H]1CCN(c3ccccc3)C1=O)C2=O. The Kier molecular flexibility index (Phi) is 2.98. The number of imide groups is 1. The van der Waals surface area contributed by atoms with Crippen molar-refractivity contribution in [1.29, 1.82) is 0 Å². The van der Waals surface area contributed by atoms with Crippen molar-refractivity contribution in [3.8, 4) is 0 Å². The summed E-state index contributed by atoms with van der Waals surface area (Å²) in [6, 6.07) is 8.41. The molecule has 23 heavy (non-hydrogen) atoms. The van der Waals surface area contributed by atoms with Crippen molar-refractivity contribution in [3.05, 3.63) is 30.3 Å². The minimum absolute atomic E-state index is 0.164. The van der Waals surface area contributed by atoms with Crippen LogP contribution in [0.25, 0.3) is 0 Å². The molecule has 6 heteroatoms. The monoisotopic (exact) mass is 313 g/mol. The van der Waals surface area contributed by atoms with E-state index >= 15 is 0 Å². The summed E-state index contributed by atoms with van der Waals surface area (Å²) in [6.45, 7) is 2.94. The van der Waals surface area contributed by atoms with Crippen molar-refractivity contribution in [3.63, 3.8) is 0 Å². The predicted octanol–water partition coefficient (Wildman–Crippen LogP) is 1.61. The fourth-order valence-electron chi connectivity index (χ4n) is 4.01. The third-order valence-corrected chi connectivity index (χ3v) is 5.31. The van der Waals surface area contributed by atoms with Crippen LogP contribution in [0.2, 0.25) is 0 Å². The lowest BCUT2D eigenvalue weighted by Gasteiger charge is -2.23. The van der Waals surface area contributed by atoms with Crippen LogP contribution in [0.4, 0.5) is 10.5 Å². The molecule has 0 aromatic heterocycles. The highest BCUT2D eigenvalue weighted by molar-refractivity contribution is 6.12. The summed E-state index contributed by atoms with van der Waals surface area (Å²) in [4.78, 5) is 42.7. The zero-order valence-corrected chi connectivity index (χ0v) is 13.1. The number of urea groups is 1. The van der Waals surface area contributed by atoms with Gasteiger partial charge in [0.05, 0.1) is 0 Å². The predicted molar refractivity (Wildman–Crippen MR) is 83.8 cm³/mol. The molecule has 2 atom stereocenters. The van der Waals surface area contributed by atoms with E-state index in [9.17, 15) is 14.4 Å². The van der Waals surface area contributed by atoms with Crippen LogP contribution in [0.5, 0.6) is 0 Å². The number of carbonyl (C=O) groups excluding carboxylic acids is 3. The van der Waals surface area contributed by atoms with Gasteiger partial charge in [0.1, 0.15) is 11.6 Å². The third-order valence-electron chi connectivity index (χ3n) is 5.31. The largest absolute Gasteiger partial charge is 0.328 e. The number of hydrogen-bond acceptors (Lipinski definition) is 3. The minimum Gasteiger partial charge on any atom is -0.311 e. The van der Waals surface area contributed by atoms with Gasteiger partial charge in [0.2, 0.25) is 5.91 Å². The lowest BCUT2D eigenvalue weighted by atomic mass is 9.99. The lowest BCUT2D eigenvalue weighted by molar-refractivity contribution is -0.136. The molecule has 0 N–H and O–H groups in total. The molecular formula is C17H19N3O3. The second-order valence-corrected chi connectivity index (χ2v) is 6.62. The minimum atomic E-state index is -0.752. The fourth-order valence-corrected chi connectivity index (χ4v) is 4.01. The standard InChI is InChI=1S/C17H19N3O3/c1-17-9-5-10-19(17)16(23)20(15(17)22)13-8-11-18(14(13)21)12-6-3-2-4-7-12/h2-4,6-7,13H,5,8-11H2,1H3/t13-,17-/m1/s1. The van der Waals surface area contributed by atoms with Gasteiger partial charge in [0.25, 0.3) is 5.91 Å². The van der Waals surface area contributed by atoms with Crippen molar-refractivity contribution >= 4 is 23.5 Å². The summed E-state index contributed by atoms with van der Waals surface area (Å²) in [7, 11) is 0. The first kappa shape index (κ1) is 14.2. The summed E-state index contributed by atoms with van der Waals surface area (Å²) in [5.41, 5.74) is 0.0585. The second kappa shape index (κ2) is 4.81. The molecule has 1 aromatic carbocycles. The van der Waals surface area contributed by atoms with Crippen molar-refractivity contribution in [2.75, 3.05) is 18.0 Å². The molecule has 3 saturated heterocycles. The van der Waals surface area contributed by atoms with E-state index in [2.05, 4.69) is 0 Å². The van der Waals surface area contributed by atoms with E-state index < -0.39 is 11.6 Å². The highest BCUT2D eigenvalue weighted by Gasteiger charge is 2.59. The Morgan fingerprint density at radius 1 is 1.09 bits per heavy atom. The van der Waals surface area contributed by atoms with Gasteiger partial charge < -0.3 is 9.80 Å². The molecule has 3 aliphatic rings. The van der Waals surface area contributed by atoms with Gasteiger partial charge in [0.15, 0.2) is 0 Å². The molecule has 1 aromatic rings. The molecule has 0 saturated carbocycles. The molecule has 4 amide bonds. The summed E-state index contributed by atoms with van der Waals surface area (Å²) >= 11 is 0. The van der Waals surface area contributed by atoms with Crippen LogP contribution in [0.15, 0.2) is 30.3 Å². The molecule has 0 bridgehead atoms. The number of para-hydroxylation sites is 1. The first-order valence-corrected chi connectivity index (χ1v) is 8.06.